The third-order valence-corrected chi connectivity index (χ3v) is 6.06. The van der Waals surface area contributed by atoms with Crippen molar-refractivity contribution >= 4 is 32.5 Å². The SMILES string of the molecule is N#CC1=C([Se]CC(=O)Nc2ccccc2)NC(=O)C(C#N)C1c1ccco1. The number of allylic oxidation sites excluding steroid dienone is 1. The van der Waals surface area contributed by atoms with Crippen LogP contribution in [0.4, 0.5) is 5.69 Å². The molecule has 0 aliphatic carbocycles. The zero-order chi connectivity index (χ0) is 19.2. The molecule has 2 heterocycles. The molecule has 2 unspecified atom stereocenters. The molecule has 27 heavy (non-hydrogen) atoms. The normalized spacial score (nSPS) is 19.0. The number of nitriles is 2. The predicted molar refractivity (Wildman–Crippen MR) is 97.0 cm³/mol. The monoisotopic (exact) mass is 426 g/mol. The van der Waals surface area contributed by atoms with Crippen molar-refractivity contribution in [2.45, 2.75) is 11.2 Å². The second-order valence-electron chi connectivity index (χ2n) is 5.65. The van der Waals surface area contributed by atoms with Gasteiger partial charge in [0.2, 0.25) is 0 Å². The summed E-state index contributed by atoms with van der Waals surface area (Å²) < 4.78 is 5.76. The molecular formula is C19H14N4O3Se. The number of carbonyl (C=O) groups excluding carboxylic acids is 2. The molecule has 1 aliphatic rings. The molecule has 0 bridgehead atoms. The van der Waals surface area contributed by atoms with Gasteiger partial charge in [0.05, 0.1) is 0 Å². The van der Waals surface area contributed by atoms with Crippen molar-refractivity contribution in [3.63, 3.8) is 0 Å². The Hall–Kier alpha value is -3.32. The number of furan rings is 1. The van der Waals surface area contributed by atoms with E-state index in [9.17, 15) is 20.1 Å². The minimum atomic E-state index is -1.05. The summed E-state index contributed by atoms with van der Waals surface area (Å²) >= 11 is -0.481. The van der Waals surface area contributed by atoms with Crippen LogP contribution in [0.15, 0.2) is 63.3 Å². The van der Waals surface area contributed by atoms with Gasteiger partial charge < -0.3 is 0 Å². The van der Waals surface area contributed by atoms with Gasteiger partial charge in [0.15, 0.2) is 0 Å². The first kappa shape index (κ1) is 18.5. The third-order valence-electron chi connectivity index (χ3n) is 3.92. The van der Waals surface area contributed by atoms with E-state index in [1.165, 1.54) is 6.26 Å². The second kappa shape index (κ2) is 8.37. The minimum absolute atomic E-state index is 0.144. The Morgan fingerprint density at radius 3 is 2.63 bits per heavy atom. The number of amides is 2. The zero-order valence-corrected chi connectivity index (χ0v) is 15.7. The molecule has 1 aromatic carbocycles. The number of para-hydroxylation sites is 1. The molecule has 134 valence electrons. The number of carbonyl (C=O) groups is 2. The summed E-state index contributed by atoms with van der Waals surface area (Å²) in [5, 5.41) is 24.5. The van der Waals surface area contributed by atoms with Gasteiger partial charge in [-0.25, -0.2) is 0 Å². The Morgan fingerprint density at radius 2 is 2.00 bits per heavy atom. The number of nitrogens with one attached hydrogen (secondary N) is 2. The number of nitrogens with zero attached hydrogens (tertiary/aromatic N) is 2. The fourth-order valence-electron chi connectivity index (χ4n) is 2.71. The van der Waals surface area contributed by atoms with Crippen LogP contribution >= 0.6 is 0 Å². The number of hydrogen-bond acceptors (Lipinski definition) is 5. The van der Waals surface area contributed by atoms with Crippen molar-refractivity contribution in [3.05, 3.63) is 64.7 Å². The van der Waals surface area contributed by atoms with E-state index in [0.29, 0.717) is 16.0 Å². The van der Waals surface area contributed by atoms with E-state index in [0.717, 1.165) is 0 Å². The fraction of sp³-hybridized carbons (Fsp3) is 0.158. The molecule has 3 rings (SSSR count). The van der Waals surface area contributed by atoms with Crippen LogP contribution in [-0.2, 0) is 9.59 Å². The van der Waals surface area contributed by atoms with Crippen molar-refractivity contribution in [3.8, 4) is 12.1 Å². The average Bonchev–Trinajstić information content (AvgIpc) is 3.21. The third kappa shape index (κ3) is 4.09. The molecule has 0 spiro atoms. The standard InChI is InChI=1S/C19H14N4O3Se/c20-9-13-17(15-7-4-8-26-15)14(10-21)19(23-18(13)25)27-11-16(24)22-12-5-2-1-3-6-12/h1-8,13,17H,11H2,(H,22,24)(H,23,25). The Labute approximate surface area is 161 Å². The van der Waals surface area contributed by atoms with Crippen molar-refractivity contribution in [1.82, 2.24) is 5.32 Å². The summed E-state index contributed by atoms with van der Waals surface area (Å²) in [5.74, 6) is -2.13. The maximum absolute atomic E-state index is 12.3. The van der Waals surface area contributed by atoms with Crippen LogP contribution in [-0.4, -0.2) is 26.8 Å². The number of hydrogen-bond donors (Lipinski definition) is 2. The molecule has 7 nitrogen and oxygen atoms in total. The topological polar surface area (TPSA) is 119 Å². The van der Waals surface area contributed by atoms with Crippen LogP contribution in [0, 0.1) is 28.6 Å². The van der Waals surface area contributed by atoms with Crippen molar-refractivity contribution in [1.29, 1.82) is 10.5 Å². The first-order chi connectivity index (χ1) is 13.1. The molecule has 8 heteroatoms. The van der Waals surface area contributed by atoms with E-state index in [2.05, 4.69) is 16.7 Å². The van der Waals surface area contributed by atoms with Crippen LogP contribution in [0.1, 0.15) is 11.7 Å². The summed E-state index contributed by atoms with van der Waals surface area (Å²) in [5.41, 5.74) is 0.946. The Kier molecular flexibility index (Phi) is 5.73. The van der Waals surface area contributed by atoms with Gasteiger partial charge in [-0.05, 0) is 0 Å². The van der Waals surface area contributed by atoms with Crippen molar-refractivity contribution in [2.24, 2.45) is 5.92 Å². The Balaban J connectivity index is 1.80. The van der Waals surface area contributed by atoms with Crippen LogP contribution in [0.5, 0.6) is 0 Å². The molecule has 0 saturated carbocycles. The Bertz CT molecular complexity index is 955. The molecule has 1 aliphatic heterocycles. The first-order valence-electron chi connectivity index (χ1n) is 8.00. The zero-order valence-electron chi connectivity index (χ0n) is 14.0. The molecule has 2 N–H and O–H groups in total. The predicted octanol–water partition coefficient (Wildman–Crippen LogP) is 2.13. The van der Waals surface area contributed by atoms with E-state index in [1.54, 1.807) is 24.3 Å². The van der Waals surface area contributed by atoms with Gasteiger partial charge in [-0.15, -0.1) is 0 Å². The van der Waals surface area contributed by atoms with Gasteiger partial charge in [0.25, 0.3) is 0 Å². The van der Waals surface area contributed by atoms with Crippen LogP contribution in [0.3, 0.4) is 0 Å². The van der Waals surface area contributed by atoms with Crippen LogP contribution < -0.4 is 10.6 Å². The van der Waals surface area contributed by atoms with Crippen molar-refractivity contribution in [2.75, 3.05) is 5.32 Å². The van der Waals surface area contributed by atoms with E-state index >= 15 is 0 Å². The molecule has 0 saturated heterocycles. The van der Waals surface area contributed by atoms with Crippen LogP contribution in [0.2, 0.25) is 5.32 Å². The van der Waals surface area contributed by atoms with E-state index in [-0.39, 0.29) is 16.8 Å². The number of benzene rings is 1. The molecular weight excluding hydrogens is 411 g/mol. The van der Waals surface area contributed by atoms with Gasteiger partial charge in [-0.2, -0.15) is 0 Å². The first-order valence-corrected chi connectivity index (χ1v) is 10.1. The average molecular weight is 425 g/mol. The van der Waals surface area contributed by atoms with Gasteiger partial charge in [0.1, 0.15) is 0 Å². The fourth-order valence-corrected chi connectivity index (χ4v) is 4.49. The van der Waals surface area contributed by atoms with Gasteiger partial charge in [0, 0.05) is 0 Å². The summed E-state index contributed by atoms with van der Waals surface area (Å²) in [6.07, 6.45) is 1.43. The maximum atomic E-state index is 12.3. The molecule has 0 radical (unpaired) electrons. The molecule has 2 amide bonds. The summed E-state index contributed by atoms with van der Waals surface area (Å²) in [7, 11) is 0. The molecule has 2 aromatic rings. The van der Waals surface area contributed by atoms with Gasteiger partial charge >= 0.3 is 162 Å². The van der Waals surface area contributed by atoms with Crippen molar-refractivity contribution < 1.29 is 14.0 Å². The number of rotatable bonds is 5. The molecule has 2 atom stereocenters. The van der Waals surface area contributed by atoms with E-state index < -0.39 is 32.7 Å². The number of anilines is 1. The second-order valence-corrected chi connectivity index (χ2v) is 7.71. The Morgan fingerprint density at radius 1 is 1.22 bits per heavy atom. The van der Waals surface area contributed by atoms with Gasteiger partial charge in [-0.1, -0.05) is 0 Å². The quantitative estimate of drug-likeness (QED) is 0.712. The van der Waals surface area contributed by atoms with Gasteiger partial charge in [-0.3, -0.25) is 0 Å². The summed E-state index contributed by atoms with van der Waals surface area (Å²) in [6.45, 7) is 0. The van der Waals surface area contributed by atoms with Crippen LogP contribution in [0.25, 0.3) is 0 Å². The van der Waals surface area contributed by atoms with E-state index in [4.69, 9.17) is 4.42 Å². The summed E-state index contributed by atoms with van der Waals surface area (Å²) in [6, 6.07) is 16.3. The van der Waals surface area contributed by atoms with E-state index in [1.807, 2.05) is 24.3 Å². The molecule has 0 fully saturated rings. The molecule has 1 aromatic heterocycles. The summed E-state index contributed by atoms with van der Waals surface area (Å²) in [4.78, 5) is 24.5.